The summed E-state index contributed by atoms with van der Waals surface area (Å²) >= 11 is 6.10. The lowest BCUT2D eigenvalue weighted by Crippen LogP contribution is -2.09. The number of hydrogen-bond donors (Lipinski definition) is 0. The normalized spacial score (nSPS) is 10.7. The van der Waals surface area contributed by atoms with Crippen molar-refractivity contribution in [2.45, 2.75) is 6.61 Å². The van der Waals surface area contributed by atoms with Gasteiger partial charge in [-0.1, -0.05) is 54.1 Å². The second-order valence-electron chi connectivity index (χ2n) is 6.34. The van der Waals surface area contributed by atoms with E-state index in [1.165, 1.54) is 7.11 Å². The molecule has 2 aromatic heterocycles. The summed E-state index contributed by atoms with van der Waals surface area (Å²) in [4.78, 5) is 21.1. The van der Waals surface area contributed by atoms with Gasteiger partial charge in [0.1, 0.15) is 6.61 Å². The Morgan fingerprint density at radius 1 is 1.03 bits per heavy atom. The fraction of sp³-hybridized carbons (Fsp3) is 0.0870. The van der Waals surface area contributed by atoms with E-state index in [1.807, 2.05) is 66.7 Å². The molecule has 0 aliphatic heterocycles. The highest BCUT2D eigenvalue weighted by atomic mass is 35.5. The summed E-state index contributed by atoms with van der Waals surface area (Å²) < 4.78 is 10.9. The maximum atomic E-state index is 12.2. The van der Waals surface area contributed by atoms with Gasteiger partial charge in [-0.25, -0.2) is 14.8 Å². The zero-order valence-corrected chi connectivity index (χ0v) is 16.4. The number of pyridine rings is 2. The fourth-order valence-electron chi connectivity index (χ4n) is 3.00. The van der Waals surface area contributed by atoms with Crippen LogP contribution in [0.5, 0.6) is 5.75 Å². The number of fused-ring (bicyclic) bond motifs is 1. The van der Waals surface area contributed by atoms with E-state index in [0.717, 1.165) is 16.8 Å². The molecule has 0 aliphatic carbocycles. The Morgan fingerprint density at radius 3 is 2.62 bits per heavy atom. The number of rotatable bonds is 5. The van der Waals surface area contributed by atoms with E-state index in [-0.39, 0.29) is 5.69 Å². The van der Waals surface area contributed by atoms with E-state index < -0.39 is 5.97 Å². The third kappa shape index (κ3) is 4.05. The van der Waals surface area contributed by atoms with Gasteiger partial charge in [-0.15, -0.1) is 0 Å². The maximum absolute atomic E-state index is 12.2. The largest absolute Gasteiger partial charge is 0.486 e. The van der Waals surface area contributed by atoms with Crippen molar-refractivity contribution in [3.8, 4) is 17.0 Å². The van der Waals surface area contributed by atoms with Crippen molar-refractivity contribution in [1.82, 2.24) is 9.97 Å². The molecular formula is C23H17ClN2O3. The highest BCUT2D eigenvalue weighted by molar-refractivity contribution is 6.30. The van der Waals surface area contributed by atoms with Gasteiger partial charge in [0.2, 0.25) is 0 Å². The summed E-state index contributed by atoms with van der Waals surface area (Å²) in [5.41, 5.74) is 3.35. The molecule has 4 aromatic rings. The summed E-state index contributed by atoms with van der Waals surface area (Å²) in [5, 5.41) is 1.32. The lowest BCUT2D eigenvalue weighted by atomic mass is 10.1. The van der Waals surface area contributed by atoms with Crippen LogP contribution < -0.4 is 4.74 Å². The topological polar surface area (TPSA) is 61.3 Å². The molecule has 6 heteroatoms. The molecule has 0 fully saturated rings. The average Bonchev–Trinajstić information content (AvgIpc) is 2.77. The summed E-state index contributed by atoms with van der Waals surface area (Å²) in [6, 6.07) is 20.9. The van der Waals surface area contributed by atoms with Crippen LogP contribution in [-0.4, -0.2) is 23.0 Å². The first-order chi connectivity index (χ1) is 14.2. The predicted octanol–water partition coefficient (Wildman–Crippen LogP) is 5.32. The first-order valence-corrected chi connectivity index (χ1v) is 9.34. The van der Waals surface area contributed by atoms with E-state index in [4.69, 9.17) is 21.1 Å². The number of benzene rings is 2. The number of aromatic nitrogens is 2. The molecule has 0 aliphatic rings. The number of carbonyl (C=O) groups excluding carboxylic acids is 1. The monoisotopic (exact) mass is 404 g/mol. The molecule has 0 saturated heterocycles. The molecule has 0 radical (unpaired) electrons. The highest BCUT2D eigenvalue weighted by Gasteiger charge is 2.19. The first-order valence-electron chi connectivity index (χ1n) is 8.96. The first kappa shape index (κ1) is 18.9. The van der Waals surface area contributed by atoms with Crippen LogP contribution in [0.4, 0.5) is 0 Å². The Morgan fingerprint density at radius 2 is 1.86 bits per heavy atom. The van der Waals surface area contributed by atoms with E-state index >= 15 is 0 Å². The summed E-state index contributed by atoms with van der Waals surface area (Å²) in [6.07, 6.45) is 1.55. The van der Waals surface area contributed by atoms with Gasteiger partial charge in [-0.05, 0) is 29.8 Å². The Hall–Kier alpha value is -3.44. The van der Waals surface area contributed by atoms with Crippen LogP contribution in [0.1, 0.15) is 16.1 Å². The second kappa shape index (κ2) is 8.29. The van der Waals surface area contributed by atoms with Gasteiger partial charge >= 0.3 is 5.97 Å². The Kier molecular flexibility index (Phi) is 5.40. The van der Waals surface area contributed by atoms with Crippen molar-refractivity contribution < 1.29 is 14.3 Å². The quantitative estimate of drug-likeness (QED) is 0.421. The lowest BCUT2D eigenvalue weighted by molar-refractivity contribution is 0.0589. The number of esters is 1. The molecule has 0 saturated carbocycles. The van der Waals surface area contributed by atoms with E-state index in [2.05, 4.69) is 9.97 Å². The Labute approximate surface area is 172 Å². The zero-order valence-electron chi connectivity index (χ0n) is 15.6. The van der Waals surface area contributed by atoms with E-state index in [0.29, 0.717) is 28.3 Å². The fourth-order valence-corrected chi connectivity index (χ4v) is 3.19. The van der Waals surface area contributed by atoms with Crippen molar-refractivity contribution >= 4 is 28.5 Å². The molecule has 0 atom stereocenters. The molecule has 0 amide bonds. The molecular weight excluding hydrogens is 388 g/mol. The smallest absolute Gasteiger partial charge is 0.360 e. The standard InChI is InChI=1S/C23H17ClN2O3/c1-28-23(27)21-22(29-14-15-6-3-2-4-7-15)18-10-11-19(26-20(18)13-25-21)16-8-5-9-17(24)12-16/h2-13H,14H2,1H3. The molecule has 2 aromatic carbocycles. The number of nitrogens with zero attached hydrogens (tertiary/aromatic N) is 2. The number of ether oxygens (including phenoxy) is 2. The van der Waals surface area contributed by atoms with Gasteiger partial charge in [0.25, 0.3) is 0 Å². The molecule has 5 nitrogen and oxygen atoms in total. The molecule has 0 N–H and O–H groups in total. The van der Waals surface area contributed by atoms with E-state index in [9.17, 15) is 4.79 Å². The SMILES string of the molecule is COC(=O)c1ncc2nc(-c3cccc(Cl)c3)ccc2c1OCc1ccccc1. The predicted molar refractivity (Wildman–Crippen MR) is 112 cm³/mol. The van der Waals surface area contributed by atoms with Crippen molar-refractivity contribution in [2.24, 2.45) is 0 Å². The summed E-state index contributed by atoms with van der Waals surface area (Å²) in [5.74, 6) is -0.211. The van der Waals surface area contributed by atoms with Crippen molar-refractivity contribution in [3.05, 3.63) is 89.2 Å². The van der Waals surface area contributed by atoms with Gasteiger partial charge in [0.05, 0.1) is 24.5 Å². The van der Waals surface area contributed by atoms with Gasteiger partial charge in [0, 0.05) is 16.0 Å². The molecule has 29 heavy (non-hydrogen) atoms. The van der Waals surface area contributed by atoms with Crippen LogP contribution in [0.25, 0.3) is 22.2 Å². The minimum absolute atomic E-state index is 0.119. The maximum Gasteiger partial charge on any atom is 0.360 e. The van der Waals surface area contributed by atoms with Crippen LogP contribution in [0, 0.1) is 0 Å². The minimum Gasteiger partial charge on any atom is -0.486 e. The number of hydrogen-bond acceptors (Lipinski definition) is 5. The molecule has 0 bridgehead atoms. The third-order valence-corrected chi connectivity index (χ3v) is 4.66. The summed E-state index contributed by atoms with van der Waals surface area (Å²) in [6.45, 7) is 0.293. The van der Waals surface area contributed by atoms with Gasteiger partial charge in [0.15, 0.2) is 11.4 Å². The second-order valence-corrected chi connectivity index (χ2v) is 6.78. The van der Waals surface area contributed by atoms with E-state index in [1.54, 1.807) is 6.20 Å². The molecule has 2 heterocycles. The Bertz CT molecular complexity index is 1180. The molecule has 0 unspecified atom stereocenters. The third-order valence-electron chi connectivity index (χ3n) is 4.43. The zero-order chi connectivity index (χ0) is 20.2. The van der Waals surface area contributed by atoms with Crippen LogP contribution in [0.3, 0.4) is 0 Å². The Balaban J connectivity index is 1.78. The average molecular weight is 405 g/mol. The van der Waals surface area contributed by atoms with Gasteiger partial charge < -0.3 is 9.47 Å². The van der Waals surface area contributed by atoms with Crippen LogP contribution >= 0.6 is 11.6 Å². The van der Waals surface area contributed by atoms with Crippen molar-refractivity contribution in [2.75, 3.05) is 7.11 Å². The number of carbonyl (C=O) groups is 1. The number of halogens is 1. The minimum atomic E-state index is -0.561. The molecule has 4 rings (SSSR count). The van der Waals surface area contributed by atoms with Crippen LogP contribution in [-0.2, 0) is 11.3 Å². The van der Waals surface area contributed by atoms with Crippen molar-refractivity contribution in [1.29, 1.82) is 0 Å². The summed E-state index contributed by atoms with van der Waals surface area (Å²) in [7, 11) is 1.32. The van der Waals surface area contributed by atoms with Crippen molar-refractivity contribution in [3.63, 3.8) is 0 Å². The molecule has 144 valence electrons. The van der Waals surface area contributed by atoms with Crippen LogP contribution in [0.2, 0.25) is 5.02 Å². The van der Waals surface area contributed by atoms with Crippen LogP contribution in [0.15, 0.2) is 72.9 Å². The lowest BCUT2D eigenvalue weighted by Gasteiger charge is -2.13. The molecule has 0 spiro atoms. The van der Waals surface area contributed by atoms with Gasteiger partial charge in [-0.2, -0.15) is 0 Å². The highest BCUT2D eigenvalue weighted by Crippen LogP contribution is 2.31. The number of methoxy groups -OCH3 is 1. The van der Waals surface area contributed by atoms with Gasteiger partial charge in [-0.3, -0.25) is 0 Å².